The molecule has 1 amide bonds. The Kier molecular flexibility index (Phi) is 10.5. The zero-order valence-corrected chi connectivity index (χ0v) is 26.3. The summed E-state index contributed by atoms with van der Waals surface area (Å²) in [5.74, 6) is 0.565. The van der Waals surface area contributed by atoms with Gasteiger partial charge in [0.15, 0.2) is 11.5 Å². The number of nitrogen functional groups attached to an aromatic ring is 1. The van der Waals surface area contributed by atoms with E-state index >= 15 is 4.39 Å². The molecule has 5 aromatic rings. The largest absolute Gasteiger partial charge is 0.398 e. The quantitative estimate of drug-likeness (QED) is 0.189. The summed E-state index contributed by atoms with van der Waals surface area (Å²) < 4.78 is 17.0. The van der Waals surface area contributed by atoms with Crippen LogP contribution >= 0.6 is 0 Å². The third kappa shape index (κ3) is 7.21. The summed E-state index contributed by atoms with van der Waals surface area (Å²) in [4.78, 5) is 24.0. The molecule has 0 spiro atoms. The van der Waals surface area contributed by atoms with Gasteiger partial charge in [-0.2, -0.15) is 0 Å². The molecule has 2 fully saturated rings. The molecule has 0 radical (unpaired) electrons. The molecule has 1 atom stereocenters. The first kappa shape index (κ1) is 31.8. The summed E-state index contributed by atoms with van der Waals surface area (Å²) in [6.45, 7) is 9.79. The summed E-state index contributed by atoms with van der Waals surface area (Å²) in [5, 5.41) is 3.15. The number of nitrogens with two attached hydrogens (primary N) is 1. The standard InChI is InChI=1S/C29H26FN5.C5H10N2O.C2H6/c1-34-17-16-21(18-34)19-10-12-22(13-11-19)35-28-26(15-14-25(32-28)20-6-3-2-4-7-20)33-29(35)27-23(30)8-5-9-24(27)31;8-5-7-3-1-6-2-4-7;1-2/h2-15,21H,16-18,31H2,1H3;5-6H,1-4H2;1-2H3. The van der Waals surface area contributed by atoms with Crippen LogP contribution in [-0.4, -0.2) is 77.1 Å². The van der Waals surface area contributed by atoms with Gasteiger partial charge in [0.05, 0.1) is 11.3 Å². The molecule has 234 valence electrons. The first-order valence-electron chi connectivity index (χ1n) is 15.7. The van der Waals surface area contributed by atoms with Gasteiger partial charge in [0, 0.05) is 49.7 Å². The highest BCUT2D eigenvalue weighted by Crippen LogP contribution is 2.35. The summed E-state index contributed by atoms with van der Waals surface area (Å²) in [6, 6.07) is 27.1. The van der Waals surface area contributed by atoms with Gasteiger partial charge in [0.2, 0.25) is 6.41 Å². The second-order valence-corrected chi connectivity index (χ2v) is 11.1. The number of nitrogens with zero attached hydrogens (tertiary/aromatic N) is 5. The van der Waals surface area contributed by atoms with E-state index in [9.17, 15) is 4.79 Å². The number of hydrogen-bond acceptors (Lipinski definition) is 6. The average molecular weight is 608 g/mol. The SMILES string of the molecule is CC.CN1CCC(c2ccc(-n3c(-c4c(N)cccc4F)nc4ccc(-c5ccccc5)nc43)cc2)C1.O=CN1CCNCC1. The van der Waals surface area contributed by atoms with Crippen LogP contribution in [0.3, 0.4) is 0 Å². The number of anilines is 1. The Morgan fingerprint density at radius 3 is 2.24 bits per heavy atom. The summed E-state index contributed by atoms with van der Waals surface area (Å²) in [7, 11) is 2.16. The number of piperazine rings is 1. The van der Waals surface area contributed by atoms with E-state index in [1.807, 2.05) is 60.9 Å². The monoisotopic (exact) mass is 607 g/mol. The number of halogens is 1. The number of carbonyl (C=O) groups excluding carboxylic acids is 1. The average Bonchev–Trinajstić information content (AvgIpc) is 3.70. The fraction of sp³-hybridized carbons (Fsp3) is 0.306. The van der Waals surface area contributed by atoms with Gasteiger partial charge in [-0.05, 0) is 67.9 Å². The maximum absolute atomic E-state index is 15.1. The van der Waals surface area contributed by atoms with Crippen LogP contribution in [0.4, 0.5) is 10.1 Å². The number of benzene rings is 3. The topological polar surface area (TPSA) is 92.3 Å². The molecule has 8 nitrogen and oxygen atoms in total. The highest BCUT2D eigenvalue weighted by atomic mass is 19.1. The molecule has 2 aliphatic heterocycles. The van der Waals surface area contributed by atoms with Crippen molar-refractivity contribution in [3.05, 3.63) is 96.3 Å². The van der Waals surface area contributed by atoms with Crippen molar-refractivity contribution in [1.82, 2.24) is 29.7 Å². The van der Waals surface area contributed by atoms with Crippen molar-refractivity contribution in [1.29, 1.82) is 0 Å². The number of rotatable bonds is 5. The van der Waals surface area contributed by atoms with E-state index in [-0.39, 0.29) is 5.56 Å². The molecule has 2 aliphatic rings. The maximum Gasteiger partial charge on any atom is 0.209 e. The third-order valence-electron chi connectivity index (χ3n) is 8.16. The molecule has 9 heteroatoms. The summed E-state index contributed by atoms with van der Waals surface area (Å²) >= 11 is 0. The Bertz CT molecular complexity index is 1680. The van der Waals surface area contributed by atoms with E-state index in [0.29, 0.717) is 28.6 Å². The van der Waals surface area contributed by atoms with Crippen molar-refractivity contribution in [3.8, 4) is 28.3 Å². The van der Waals surface area contributed by atoms with Crippen molar-refractivity contribution >= 4 is 23.3 Å². The molecule has 3 N–H and O–H groups in total. The van der Waals surface area contributed by atoms with Crippen molar-refractivity contribution in [2.24, 2.45) is 0 Å². The fourth-order valence-corrected chi connectivity index (χ4v) is 5.81. The minimum absolute atomic E-state index is 0.285. The minimum atomic E-state index is -0.407. The number of nitrogens with one attached hydrogen (secondary N) is 1. The van der Waals surface area contributed by atoms with E-state index in [2.05, 4.69) is 41.5 Å². The minimum Gasteiger partial charge on any atom is -0.398 e. The number of amides is 1. The Morgan fingerprint density at radius 1 is 0.889 bits per heavy atom. The Labute approximate surface area is 264 Å². The lowest BCUT2D eigenvalue weighted by Gasteiger charge is -2.22. The van der Waals surface area contributed by atoms with Crippen LogP contribution in [0.5, 0.6) is 0 Å². The molecule has 3 aromatic carbocycles. The molecular weight excluding hydrogens is 565 g/mol. The van der Waals surface area contributed by atoms with Crippen LogP contribution in [0.2, 0.25) is 0 Å². The molecule has 2 saturated heterocycles. The normalized spacial score (nSPS) is 16.4. The number of aromatic nitrogens is 3. The molecule has 7 rings (SSSR count). The van der Waals surface area contributed by atoms with E-state index in [1.165, 1.54) is 11.6 Å². The molecule has 1 unspecified atom stereocenters. The van der Waals surface area contributed by atoms with Gasteiger partial charge < -0.3 is 20.9 Å². The number of carbonyl (C=O) groups is 1. The van der Waals surface area contributed by atoms with E-state index in [1.54, 1.807) is 17.0 Å². The molecule has 0 bridgehead atoms. The fourth-order valence-electron chi connectivity index (χ4n) is 5.81. The number of pyridine rings is 1. The number of imidazole rings is 1. The second-order valence-electron chi connectivity index (χ2n) is 11.1. The lowest BCUT2D eigenvalue weighted by molar-refractivity contribution is -0.118. The van der Waals surface area contributed by atoms with Crippen LogP contribution in [0, 0.1) is 5.82 Å². The van der Waals surface area contributed by atoms with Gasteiger partial charge >= 0.3 is 0 Å². The predicted molar refractivity (Wildman–Crippen MR) is 181 cm³/mol. The van der Waals surface area contributed by atoms with Gasteiger partial charge in [0.1, 0.15) is 11.3 Å². The lowest BCUT2D eigenvalue weighted by atomic mass is 9.98. The molecule has 4 heterocycles. The second kappa shape index (κ2) is 14.9. The maximum atomic E-state index is 15.1. The smallest absolute Gasteiger partial charge is 0.209 e. The highest BCUT2D eigenvalue weighted by molar-refractivity contribution is 5.85. The summed E-state index contributed by atoms with van der Waals surface area (Å²) in [6.07, 6.45) is 2.06. The number of hydrogen-bond donors (Lipinski definition) is 2. The Morgan fingerprint density at radius 2 is 1.62 bits per heavy atom. The van der Waals surface area contributed by atoms with Crippen molar-refractivity contribution in [2.75, 3.05) is 52.0 Å². The zero-order valence-electron chi connectivity index (χ0n) is 26.3. The van der Waals surface area contributed by atoms with Crippen LogP contribution in [0.15, 0.2) is 84.9 Å². The van der Waals surface area contributed by atoms with E-state index in [4.69, 9.17) is 15.7 Å². The zero-order chi connectivity index (χ0) is 31.8. The van der Waals surface area contributed by atoms with E-state index < -0.39 is 5.82 Å². The third-order valence-corrected chi connectivity index (χ3v) is 8.16. The van der Waals surface area contributed by atoms with Gasteiger partial charge in [-0.15, -0.1) is 0 Å². The van der Waals surface area contributed by atoms with E-state index in [0.717, 1.165) is 69.0 Å². The van der Waals surface area contributed by atoms with Gasteiger partial charge in [0.25, 0.3) is 0 Å². The Balaban J connectivity index is 0.000000346. The number of likely N-dealkylation sites (tertiary alicyclic amines) is 1. The summed E-state index contributed by atoms with van der Waals surface area (Å²) in [5.41, 5.74) is 12.2. The van der Waals surface area contributed by atoms with Crippen LogP contribution in [0.25, 0.3) is 39.5 Å². The highest BCUT2D eigenvalue weighted by Gasteiger charge is 2.23. The molecule has 45 heavy (non-hydrogen) atoms. The first-order chi connectivity index (χ1) is 22.0. The van der Waals surface area contributed by atoms with Crippen molar-refractivity contribution in [2.45, 2.75) is 26.2 Å². The molecule has 0 saturated carbocycles. The Hall–Kier alpha value is -4.60. The van der Waals surface area contributed by atoms with Gasteiger partial charge in [-0.1, -0.05) is 62.4 Å². The molecular formula is C36H42FN7O. The molecule has 0 aliphatic carbocycles. The predicted octanol–water partition coefficient (Wildman–Crippen LogP) is 5.97. The van der Waals surface area contributed by atoms with Crippen LogP contribution < -0.4 is 11.1 Å². The number of fused-ring (bicyclic) bond motifs is 1. The first-order valence-corrected chi connectivity index (χ1v) is 15.7. The number of likely N-dealkylation sites (N-methyl/N-ethyl adjacent to an activating group) is 1. The van der Waals surface area contributed by atoms with Crippen molar-refractivity contribution in [3.63, 3.8) is 0 Å². The van der Waals surface area contributed by atoms with Crippen molar-refractivity contribution < 1.29 is 9.18 Å². The lowest BCUT2D eigenvalue weighted by Crippen LogP contribution is -2.42. The van der Waals surface area contributed by atoms with Crippen LogP contribution in [-0.2, 0) is 4.79 Å². The van der Waals surface area contributed by atoms with Gasteiger partial charge in [-0.25, -0.2) is 14.4 Å². The van der Waals surface area contributed by atoms with Crippen LogP contribution in [0.1, 0.15) is 31.7 Å². The molecule has 2 aromatic heterocycles. The van der Waals surface area contributed by atoms with Gasteiger partial charge in [-0.3, -0.25) is 9.36 Å².